The van der Waals surface area contributed by atoms with Crippen molar-refractivity contribution in [1.82, 2.24) is 9.88 Å². The molecule has 0 spiro atoms. The van der Waals surface area contributed by atoms with Crippen LogP contribution in [0.1, 0.15) is 36.9 Å². The second-order valence-corrected chi connectivity index (χ2v) is 4.38. The predicted molar refractivity (Wildman–Crippen MR) is 64.7 cm³/mol. The summed E-state index contributed by atoms with van der Waals surface area (Å²) in [4.78, 5) is 6.88. The van der Waals surface area contributed by atoms with Crippen LogP contribution in [0.4, 0.5) is 0 Å². The predicted octanol–water partition coefficient (Wildman–Crippen LogP) is 2.56. The van der Waals surface area contributed by atoms with Crippen LogP contribution in [0.25, 0.3) is 0 Å². The second kappa shape index (κ2) is 4.83. The van der Waals surface area contributed by atoms with Gasteiger partial charge >= 0.3 is 0 Å². The molecule has 0 radical (unpaired) electrons. The van der Waals surface area contributed by atoms with Gasteiger partial charge in [-0.1, -0.05) is 6.92 Å². The molecule has 1 aliphatic rings. The highest BCUT2D eigenvalue weighted by Crippen LogP contribution is 2.32. The largest absolute Gasteiger partial charge is 0.481 e. The van der Waals surface area contributed by atoms with Crippen LogP contribution in [0, 0.1) is 6.92 Å². The summed E-state index contributed by atoms with van der Waals surface area (Å²) in [6.07, 6.45) is 4.51. The van der Waals surface area contributed by atoms with Crippen molar-refractivity contribution in [2.75, 3.05) is 20.2 Å². The van der Waals surface area contributed by atoms with Gasteiger partial charge in [-0.25, -0.2) is 4.98 Å². The normalized spacial score (nSPS) is 21.3. The molecule has 1 aromatic heterocycles. The molecule has 88 valence electrons. The van der Waals surface area contributed by atoms with Crippen LogP contribution in [0.3, 0.4) is 0 Å². The molecule has 0 saturated carbocycles. The quantitative estimate of drug-likeness (QED) is 0.782. The molecule has 3 nitrogen and oxygen atoms in total. The van der Waals surface area contributed by atoms with Crippen LogP contribution in [-0.4, -0.2) is 30.1 Å². The smallest absolute Gasteiger partial charge is 0.215 e. The van der Waals surface area contributed by atoms with Crippen molar-refractivity contribution in [2.24, 2.45) is 0 Å². The number of nitrogens with zero attached hydrogens (tertiary/aromatic N) is 2. The Hall–Kier alpha value is -1.09. The van der Waals surface area contributed by atoms with Crippen molar-refractivity contribution in [1.29, 1.82) is 0 Å². The van der Waals surface area contributed by atoms with E-state index in [9.17, 15) is 0 Å². The number of aromatic nitrogens is 1. The molecule has 16 heavy (non-hydrogen) atoms. The van der Waals surface area contributed by atoms with Gasteiger partial charge in [0.05, 0.1) is 7.11 Å². The number of likely N-dealkylation sites (tertiary alicyclic amines) is 1. The summed E-state index contributed by atoms with van der Waals surface area (Å²) in [6.45, 7) is 6.62. The van der Waals surface area contributed by atoms with Gasteiger partial charge in [-0.3, -0.25) is 4.90 Å². The number of ether oxygens (including phenoxy) is 1. The number of pyridine rings is 1. The van der Waals surface area contributed by atoms with E-state index in [1.54, 1.807) is 7.11 Å². The first kappa shape index (κ1) is 11.4. The first-order valence-corrected chi connectivity index (χ1v) is 6.00. The monoisotopic (exact) mass is 220 g/mol. The van der Waals surface area contributed by atoms with E-state index in [-0.39, 0.29) is 0 Å². The van der Waals surface area contributed by atoms with E-state index >= 15 is 0 Å². The molecule has 3 heteroatoms. The van der Waals surface area contributed by atoms with E-state index in [2.05, 4.69) is 29.8 Å². The highest BCUT2D eigenvalue weighted by molar-refractivity contribution is 5.30. The highest BCUT2D eigenvalue weighted by atomic mass is 16.5. The van der Waals surface area contributed by atoms with E-state index in [1.165, 1.54) is 24.9 Å². The van der Waals surface area contributed by atoms with E-state index in [0.717, 1.165) is 18.0 Å². The van der Waals surface area contributed by atoms with Crippen LogP contribution in [0.2, 0.25) is 0 Å². The average Bonchev–Trinajstić information content (AvgIpc) is 2.77. The van der Waals surface area contributed by atoms with E-state index in [0.29, 0.717) is 6.04 Å². The Bertz CT molecular complexity index is 365. The molecule has 2 heterocycles. The standard InChI is InChI=1S/C13H20N2O/c1-4-15-7-5-6-12(15)11-8-10(2)13(16-3)14-9-11/h8-9,12H,4-7H2,1-3H3/t12-/m1/s1. The Morgan fingerprint density at radius 1 is 1.56 bits per heavy atom. The molecular formula is C13H20N2O. The Labute approximate surface area is 97.4 Å². The molecule has 1 aliphatic heterocycles. The molecule has 1 fully saturated rings. The lowest BCUT2D eigenvalue weighted by Crippen LogP contribution is -2.22. The SMILES string of the molecule is CCN1CCC[C@@H]1c1cnc(OC)c(C)c1. The van der Waals surface area contributed by atoms with Gasteiger partial charge in [0.2, 0.25) is 5.88 Å². The second-order valence-electron chi connectivity index (χ2n) is 4.38. The third-order valence-electron chi connectivity index (χ3n) is 3.40. The summed E-state index contributed by atoms with van der Waals surface area (Å²) < 4.78 is 5.19. The Balaban J connectivity index is 2.23. The van der Waals surface area contributed by atoms with Crippen molar-refractivity contribution in [3.63, 3.8) is 0 Å². The van der Waals surface area contributed by atoms with E-state index in [4.69, 9.17) is 4.74 Å². The van der Waals surface area contributed by atoms with Crippen LogP contribution in [0.5, 0.6) is 5.88 Å². The Morgan fingerprint density at radius 2 is 2.38 bits per heavy atom. The van der Waals surface area contributed by atoms with Crippen molar-refractivity contribution >= 4 is 0 Å². The molecule has 1 atom stereocenters. The maximum absolute atomic E-state index is 5.19. The maximum atomic E-state index is 5.19. The number of hydrogen-bond acceptors (Lipinski definition) is 3. The lowest BCUT2D eigenvalue weighted by Gasteiger charge is -2.23. The van der Waals surface area contributed by atoms with Crippen LogP contribution in [-0.2, 0) is 0 Å². The maximum Gasteiger partial charge on any atom is 0.215 e. The first-order valence-electron chi connectivity index (χ1n) is 6.00. The fourth-order valence-electron chi connectivity index (χ4n) is 2.56. The van der Waals surface area contributed by atoms with Crippen LogP contribution in [0.15, 0.2) is 12.3 Å². The first-order chi connectivity index (χ1) is 7.76. The molecule has 0 bridgehead atoms. The lowest BCUT2D eigenvalue weighted by atomic mass is 10.1. The summed E-state index contributed by atoms with van der Waals surface area (Å²) in [5.41, 5.74) is 2.46. The van der Waals surface area contributed by atoms with Gasteiger partial charge in [0.1, 0.15) is 0 Å². The van der Waals surface area contributed by atoms with Gasteiger partial charge in [-0.2, -0.15) is 0 Å². The molecule has 0 N–H and O–H groups in total. The van der Waals surface area contributed by atoms with E-state index < -0.39 is 0 Å². The zero-order valence-electron chi connectivity index (χ0n) is 10.4. The average molecular weight is 220 g/mol. The van der Waals surface area contributed by atoms with Crippen LogP contribution >= 0.6 is 0 Å². The lowest BCUT2D eigenvalue weighted by molar-refractivity contribution is 0.270. The minimum Gasteiger partial charge on any atom is -0.481 e. The Morgan fingerprint density at radius 3 is 3.00 bits per heavy atom. The highest BCUT2D eigenvalue weighted by Gasteiger charge is 2.25. The summed E-state index contributed by atoms with van der Waals surface area (Å²) in [5, 5.41) is 0. The van der Waals surface area contributed by atoms with Gasteiger partial charge in [-0.15, -0.1) is 0 Å². The van der Waals surface area contributed by atoms with E-state index in [1.807, 2.05) is 6.20 Å². The fraction of sp³-hybridized carbons (Fsp3) is 0.615. The zero-order valence-corrected chi connectivity index (χ0v) is 10.4. The van der Waals surface area contributed by atoms with Gasteiger partial charge in [-0.05, 0) is 44.5 Å². The summed E-state index contributed by atoms with van der Waals surface area (Å²) in [7, 11) is 1.67. The van der Waals surface area contributed by atoms with Gasteiger partial charge in [0.25, 0.3) is 0 Å². The van der Waals surface area contributed by atoms with Crippen molar-refractivity contribution in [3.05, 3.63) is 23.4 Å². The molecule has 0 aliphatic carbocycles. The van der Waals surface area contributed by atoms with Gasteiger partial charge in [0.15, 0.2) is 0 Å². The number of aryl methyl sites for hydroxylation is 1. The minimum atomic E-state index is 0.558. The summed E-state index contributed by atoms with van der Waals surface area (Å²) in [5.74, 6) is 0.741. The molecule has 0 amide bonds. The Kier molecular flexibility index (Phi) is 3.44. The third-order valence-corrected chi connectivity index (χ3v) is 3.40. The topological polar surface area (TPSA) is 25.4 Å². The number of rotatable bonds is 3. The van der Waals surface area contributed by atoms with Crippen molar-refractivity contribution < 1.29 is 4.74 Å². The minimum absolute atomic E-state index is 0.558. The van der Waals surface area contributed by atoms with Crippen LogP contribution < -0.4 is 4.74 Å². The molecule has 1 saturated heterocycles. The molecular weight excluding hydrogens is 200 g/mol. The van der Waals surface area contributed by atoms with Crippen molar-refractivity contribution in [2.45, 2.75) is 32.7 Å². The zero-order chi connectivity index (χ0) is 11.5. The number of methoxy groups -OCH3 is 1. The van der Waals surface area contributed by atoms with Gasteiger partial charge < -0.3 is 4.74 Å². The molecule has 1 aromatic rings. The summed E-state index contributed by atoms with van der Waals surface area (Å²) in [6, 6.07) is 2.77. The summed E-state index contributed by atoms with van der Waals surface area (Å²) >= 11 is 0. The molecule has 2 rings (SSSR count). The third kappa shape index (κ3) is 2.05. The van der Waals surface area contributed by atoms with Crippen molar-refractivity contribution in [3.8, 4) is 5.88 Å². The molecule has 0 aromatic carbocycles. The number of hydrogen-bond donors (Lipinski definition) is 0. The fourth-order valence-corrected chi connectivity index (χ4v) is 2.56. The van der Waals surface area contributed by atoms with Gasteiger partial charge in [0, 0.05) is 17.8 Å². The molecule has 0 unspecified atom stereocenters.